The van der Waals surface area contributed by atoms with Gasteiger partial charge in [0.15, 0.2) is 0 Å². The van der Waals surface area contributed by atoms with Crippen molar-refractivity contribution in [2.24, 2.45) is 0 Å². The second-order valence-electron chi connectivity index (χ2n) is 5.02. The first-order chi connectivity index (χ1) is 11.3. The highest BCUT2D eigenvalue weighted by molar-refractivity contribution is 5.73. The first-order valence-corrected chi connectivity index (χ1v) is 7.31. The third kappa shape index (κ3) is 4.16. The fourth-order valence-corrected chi connectivity index (χ4v) is 2.10. The molecule has 0 saturated carbocycles. The summed E-state index contributed by atoms with van der Waals surface area (Å²) >= 11 is 0. The Morgan fingerprint density at radius 1 is 0.957 bits per heavy atom. The number of carbonyl (C=O) groups excluding carboxylic acids is 1. The summed E-state index contributed by atoms with van der Waals surface area (Å²) in [4.78, 5) is 15.7. The van der Waals surface area contributed by atoms with Crippen molar-refractivity contribution in [2.45, 2.75) is 13.1 Å². The Morgan fingerprint density at radius 3 is 2.39 bits per heavy atom. The predicted octanol–water partition coefficient (Wildman–Crippen LogP) is 2.27. The van der Waals surface area contributed by atoms with Crippen LogP contribution in [0.1, 0.15) is 11.1 Å². The van der Waals surface area contributed by atoms with Crippen molar-refractivity contribution >= 4 is 6.03 Å². The van der Waals surface area contributed by atoms with Crippen LogP contribution in [0.25, 0.3) is 5.69 Å². The minimum absolute atomic E-state index is 0.214. The van der Waals surface area contributed by atoms with Crippen LogP contribution in [0.5, 0.6) is 0 Å². The Kier molecular flexibility index (Phi) is 4.63. The highest BCUT2D eigenvalue weighted by Gasteiger charge is 2.03. The molecule has 3 rings (SSSR count). The molecular formula is C17H17N5O. The van der Waals surface area contributed by atoms with E-state index in [0.29, 0.717) is 13.1 Å². The van der Waals surface area contributed by atoms with E-state index in [-0.39, 0.29) is 6.03 Å². The van der Waals surface area contributed by atoms with Crippen LogP contribution < -0.4 is 10.6 Å². The van der Waals surface area contributed by atoms with Gasteiger partial charge in [-0.15, -0.1) is 0 Å². The lowest BCUT2D eigenvalue weighted by molar-refractivity contribution is 0.240. The Bertz CT molecular complexity index is 755. The molecule has 0 unspecified atom stereocenters. The monoisotopic (exact) mass is 307 g/mol. The number of hydrogen-bond donors (Lipinski definition) is 2. The number of carbonyl (C=O) groups is 1. The van der Waals surface area contributed by atoms with Gasteiger partial charge < -0.3 is 10.6 Å². The van der Waals surface area contributed by atoms with E-state index >= 15 is 0 Å². The van der Waals surface area contributed by atoms with Crippen LogP contribution in [-0.2, 0) is 13.1 Å². The topological polar surface area (TPSA) is 71.8 Å². The minimum Gasteiger partial charge on any atom is -0.334 e. The average molecular weight is 307 g/mol. The lowest BCUT2D eigenvalue weighted by Crippen LogP contribution is -2.34. The first-order valence-electron chi connectivity index (χ1n) is 7.31. The standard InChI is InChI=1S/C17H17N5O/c23-17(19-10-14-6-8-18-9-7-14)20-11-15-12-21-22(13-15)16-4-2-1-3-5-16/h1-9,12-13H,10-11H2,(H2,19,20,23). The molecular weight excluding hydrogens is 290 g/mol. The molecule has 6 heteroatoms. The van der Waals surface area contributed by atoms with E-state index in [1.807, 2.05) is 48.7 Å². The van der Waals surface area contributed by atoms with Gasteiger partial charge in [0.1, 0.15) is 0 Å². The fraction of sp³-hybridized carbons (Fsp3) is 0.118. The van der Waals surface area contributed by atoms with Crippen LogP contribution in [-0.4, -0.2) is 20.8 Å². The molecule has 1 aromatic carbocycles. The van der Waals surface area contributed by atoms with E-state index < -0.39 is 0 Å². The molecule has 2 amide bonds. The number of rotatable bonds is 5. The number of amides is 2. The van der Waals surface area contributed by atoms with E-state index in [1.54, 1.807) is 23.3 Å². The van der Waals surface area contributed by atoms with Crippen molar-refractivity contribution in [1.82, 2.24) is 25.4 Å². The van der Waals surface area contributed by atoms with Gasteiger partial charge in [-0.25, -0.2) is 9.48 Å². The normalized spacial score (nSPS) is 10.3. The number of benzene rings is 1. The predicted molar refractivity (Wildman–Crippen MR) is 86.9 cm³/mol. The molecule has 0 bridgehead atoms. The number of aromatic nitrogens is 3. The maximum absolute atomic E-state index is 11.8. The summed E-state index contributed by atoms with van der Waals surface area (Å²) in [6, 6.07) is 13.4. The molecule has 2 heterocycles. The molecule has 0 saturated heterocycles. The summed E-state index contributed by atoms with van der Waals surface area (Å²) in [6.07, 6.45) is 7.05. The van der Waals surface area contributed by atoms with Crippen LogP contribution in [0.3, 0.4) is 0 Å². The number of nitrogens with one attached hydrogen (secondary N) is 2. The summed E-state index contributed by atoms with van der Waals surface area (Å²) in [7, 11) is 0. The summed E-state index contributed by atoms with van der Waals surface area (Å²) in [5.41, 5.74) is 2.93. The van der Waals surface area contributed by atoms with Crippen LogP contribution in [0.4, 0.5) is 4.79 Å². The largest absolute Gasteiger partial charge is 0.334 e. The number of urea groups is 1. The zero-order chi connectivity index (χ0) is 15.9. The summed E-state index contributed by atoms with van der Waals surface area (Å²) in [5, 5.41) is 9.91. The number of nitrogens with zero attached hydrogens (tertiary/aromatic N) is 3. The van der Waals surface area contributed by atoms with Crippen molar-refractivity contribution < 1.29 is 4.79 Å². The van der Waals surface area contributed by atoms with Gasteiger partial charge in [0, 0.05) is 37.2 Å². The van der Waals surface area contributed by atoms with Crippen molar-refractivity contribution in [2.75, 3.05) is 0 Å². The highest BCUT2D eigenvalue weighted by Crippen LogP contribution is 2.07. The smallest absolute Gasteiger partial charge is 0.315 e. The molecule has 0 fully saturated rings. The Labute approximate surface area is 134 Å². The van der Waals surface area contributed by atoms with Gasteiger partial charge in [0.25, 0.3) is 0 Å². The van der Waals surface area contributed by atoms with Gasteiger partial charge in [-0.3, -0.25) is 4.98 Å². The van der Waals surface area contributed by atoms with E-state index in [0.717, 1.165) is 16.8 Å². The molecule has 0 aliphatic rings. The van der Waals surface area contributed by atoms with Crippen LogP contribution in [0.2, 0.25) is 0 Å². The van der Waals surface area contributed by atoms with Crippen molar-refractivity contribution in [3.8, 4) is 5.69 Å². The van der Waals surface area contributed by atoms with E-state index in [4.69, 9.17) is 0 Å². The molecule has 116 valence electrons. The lowest BCUT2D eigenvalue weighted by Gasteiger charge is -2.06. The molecule has 2 aromatic heterocycles. The summed E-state index contributed by atoms with van der Waals surface area (Å²) < 4.78 is 1.78. The molecule has 23 heavy (non-hydrogen) atoms. The molecule has 0 aliphatic carbocycles. The number of para-hydroxylation sites is 1. The highest BCUT2D eigenvalue weighted by atomic mass is 16.2. The SMILES string of the molecule is O=C(NCc1ccncc1)NCc1cnn(-c2ccccc2)c1. The van der Waals surface area contributed by atoms with Crippen molar-refractivity contribution in [1.29, 1.82) is 0 Å². The number of hydrogen-bond acceptors (Lipinski definition) is 3. The number of pyridine rings is 1. The first kappa shape index (κ1) is 14.8. The van der Waals surface area contributed by atoms with Gasteiger partial charge in [-0.05, 0) is 29.8 Å². The third-order valence-electron chi connectivity index (χ3n) is 3.31. The van der Waals surface area contributed by atoms with Crippen LogP contribution in [0.15, 0.2) is 67.3 Å². The second kappa shape index (κ2) is 7.22. The molecule has 0 atom stereocenters. The Balaban J connectivity index is 1.49. The molecule has 0 spiro atoms. The molecule has 3 aromatic rings. The van der Waals surface area contributed by atoms with E-state index in [1.165, 1.54) is 0 Å². The fourth-order valence-electron chi connectivity index (χ4n) is 2.10. The quantitative estimate of drug-likeness (QED) is 0.759. The van der Waals surface area contributed by atoms with E-state index in [2.05, 4.69) is 20.7 Å². The average Bonchev–Trinajstić information content (AvgIpc) is 3.09. The zero-order valence-electron chi connectivity index (χ0n) is 12.5. The van der Waals surface area contributed by atoms with Gasteiger partial charge in [0.2, 0.25) is 0 Å². The molecule has 0 radical (unpaired) electrons. The van der Waals surface area contributed by atoms with Crippen LogP contribution in [0, 0.1) is 0 Å². The van der Waals surface area contributed by atoms with Crippen molar-refractivity contribution in [3.05, 3.63) is 78.4 Å². The zero-order valence-corrected chi connectivity index (χ0v) is 12.5. The van der Waals surface area contributed by atoms with E-state index in [9.17, 15) is 4.79 Å². The van der Waals surface area contributed by atoms with Gasteiger partial charge >= 0.3 is 6.03 Å². The maximum atomic E-state index is 11.8. The summed E-state index contributed by atoms with van der Waals surface area (Å²) in [6.45, 7) is 0.895. The molecule has 2 N–H and O–H groups in total. The lowest BCUT2D eigenvalue weighted by atomic mass is 10.3. The van der Waals surface area contributed by atoms with Crippen LogP contribution >= 0.6 is 0 Å². The van der Waals surface area contributed by atoms with Gasteiger partial charge in [-0.2, -0.15) is 5.10 Å². The minimum atomic E-state index is -0.214. The molecule has 0 aliphatic heterocycles. The Hall–Kier alpha value is -3.15. The van der Waals surface area contributed by atoms with Gasteiger partial charge in [-0.1, -0.05) is 18.2 Å². The Morgan fingerprint density at radius 2 is 1.65 bits per heavy atom. The van der Waals surface area contributed by atoms with Crippen molar-refractivity contribution in [3.63, 3.8) is 0 Å². The second-order valence-corrected chi connectivity index (χ2v) is 5.02. The third-order valence-corrected chi connectivity index (χ3v) is 3.31. The maximum Gasteiger partial charge on any atom is 0.315 e. The molecule has 6 nitrogen and oxygen atoms in total. The summed E-state index contributed by atoms with van der Waals surface area (Å²) in [5.74, 6) is 0. The van der Waals surface area contributed by atoms with Gasteiger partial charge in [0.05, 0.1) is 11.9 Å².